The van der Waals surface area contributed by atoms with E-state index in [2.05, 4.69) is 60.9 Å². The van der Waals surface area contributed by atoms with Crippen molar-refractivity contribution in [2.75, 3.05) is 29.6 Å². The Balaban J connectivity index is 1.76. The third-order valence-electron chi connectivity index (χ3n) is 2.33. The number of rotatable bonds is 7. The standard InChI is InChI=1S/C10H18OS4/c1-3-13-10(2,14-5-8-4-11-8)15-9-6-12-7-9/h8-9H,3-7H2,1-2H3. The van der Waals surface area contributed by atoms with E-state index in [0.29, 0.717) is 9.52 Å². The molecule has 2 saturated heterocycles. The summed E-state index contributed by atoms with van der Waals surface area (Å²) in [4.78, 5) is 0. The van der Waals surface area contributed by atoms with E-state index in [-0.39, 0.29) is 0 Å². The summed E-state index contributed by atoms with van der Waals surface area (Å²) < 4.78 is 5.64. The normalized spacial score (nSPS) is 29.6. The molecule has 0 bridgehead atoms. The molecule has 1 nitrogen and oxygen atoms in total. The zero-order chi connectivity index (χ0) is 10.7. The van der Waals surface area contributed by atoms with Gasteiger partial charge in [0.05, 0.1) is 12.7 Å². The minimum absolute atomic E-state index is 0.354. The average molecular weight is 283 g/mol. The molecule has 0 spiro atoms. The molecular formula is C10H18OS4. The summed E-state index contributed by atoms with van der Waals surface area (Å²) in [6.07, 6.45) is 0.558. The molecule has 2 heterocycles. The molecule has 2 aliphatic rings. The van der Waals surface area contributed by atoms with Gasteiger partial charge >= 0.3 is 0 Å². The Labute approximate surface area is 110 Å². The second-order valence-corrected chi connectivity index (χ2v) is 10.5. The van der Waals surface area contributed by atoms with E-state index in [9.17, 15) is 0 Å². The van der Waals surface area contributed by atoms with Gasteiger partial charge in [-0.1, -0.05) is 6.92 Å². The van der Waals surface area contributed by atoms with E-state index in [1.807, 2.05) is 0 Å². The van der Waals surface area contributed by atoms with Crippen LogP contribution in [0.4, 0.5) is 0 Å². The van der Waals surface area contributed by atoms with Crippen molar-refractivity contribution >= 4 is 47.0 Å². The first-order chi connectivity index (χ1) is 7.22. The molecule has 0 amide bonds. The van der Waals surface area contributed by atoms with Crippen molar-refractivity contribution in [3.8, 4) is 0 Å². The molecule has 0 aromatic heterocycles. The third kappa shape index (κ3) is 4.26. The van der Waals surface area contributed by atoms with Gasteiger partial charge in [0.15, 0.2) is 0 Å². The van der Waals surface area contributed by atoms with E-state index >= 15 is 0 Å². The van der Waals surface area contributed by atoms with E-state index < -0.39 is 0 Å². The number of hydrogen-bond donors (Lipinski definition) is 0. The summed E-state index contributed by atoms with van der Waals surface area (Å²) in [7, 11) is 0. The lowest BCUT2D eigenvalue weighted by Gasteiger charge is -2.35. The second kappa shape index (κ2) is 5.80. The van der Waals surface area contributed by atoms with Crippen LogP contribution in [0.1, 0.15) is 13.8 Å². The zero-order valence-corrected chi connectivity index (χ0v) is 12.5. The van der Waals surface area contributed by atoms with Gasteiger partial charge in [0.2, 0.25) is 0 Å². The highest BCUT2D eigenvalue weighted by Gasteiger charge is 2.35. The van der Waals surface area contributed by atoms with Crippen molar-refractivity contribution < 1.29 is 4.74 Å². The summed E-state index contributed by atoms with van der Waals surface area (Å²) in [5.41, 5.74) is 0. The highest BCUT2D eigenvalue weighted by atomic mass is 32.3. The summed E-state index contributed by atoms with van der Waals surface area (Å²) >= 11 is 8.43. The summed E-state index contributed by atoms with van der Waals surface area (Å²) in [6, 6.07) is 0. The predicted molar refractivity (Wildman–Crippen MR) is 77.4 cm³/mol. The van der Waals surface area contributed by atoms with Gasteiger partial charge in [-0.25, -0.2) is 0 Å². The quantitative estimate of drug-likeness (QED) is 0.522. The van der Waals surface area contributed by atoms with Crippen molar-refractivity contribution in [3.63, 3.8) is 0 Å². The van der Waals surface area contributed by atoms with E-state index in [1.54, 1.807) is 0 Å². The smallest absolute Gasteiger partial charge is 0.104 e. The zero-order valence-electron chi connectivity index (χ0n) is 9.23. The molecule has 0 aliphatic carbocycles. The van der Waals surface area contributed by atoms with Gasteiger partial charge in [-0.3, -0.25) is 0 Å². The van der Waals surface area contributed by atoms with Crippen molar-refractivity contribution in [2.24, 2.45) is 0 Å². The van der Waals surface area contributed by atoms with Gasteiger partial charge < -0.3 is 4.74 Å². The number of epoxide rings is 1. The number of hydrogen-bond acceptors (Lipinski definition) is 5. The molecule has 0 aromatic carbocycles. The number of thioether (sulfide) groups is 4. The molecule has 0 N–H and O–H groups in total. The van der Waals surface area contributed by atoms with Crippen molar-refractivity contribution in [1.29, 1.82) is 0 Å². The van der Waals surface area contributed by atoms with Crippen LogP contribution >= 0.6 is 47.0 Å². The Hall–Kier alpha value is 1.36. The topological polar surface area (TPSA) is 12.5 Å². The van der Waals surface area contributed by atoms with E-state index in [0.717, 1.165) is 11.9 Å². The molecule has 0 saturated carbocycles. The fourth-order valence-corrected chi connectivity index (χ4v) is 7.54. The van der Waals surface area contributed by atoms with Crippen LogP contribution in [0.5, 0.6) is 0 Å². The predicted octanol–water partition coefficient (Wildman–Crippen LogP) is 3.39. The fourth-order valence-electron chi connectivity index (χ4n) is 1.37. The highest BCUT2D eigenvalue weighted by Crippen LogP contribution is 2.51. The van der Waals surface area contributed by atoms with Crippen molar-refractivity contribution in [3.05, 3.63) is 0 Å². The van der Waals surface area contributed by atoms with Gasteiger partial charge in [-0.15, -0.1) is 35.3 Å². The summed E-state index contributed by atoms with van der Waals surface area (Å²) in [5, 5.41) is 0.895. The first kappa shape index (κ1) is 12.8. The lowest BCUT2D eigenvalue weighted by Crippen LogP contribution is -2.27. The number of ether oxygens (including phenoxy) is 1. The molecule has 2 aliphatic heterocycles. The maximum atomic E-state index is 5.28. The highest BCUT2D eigenvalue weighted by molar-refractivity contribution is 8.34. The van der Waals surface area contributed by atoms with Crippen LogP contribution in [0.25, 0.3) is 0 Å². The Bertz CT molecular complexity index is 206. The Kier molecular flexibility index (Phi) is 4.96. The van der Waals surface area contributed by atoms with Crippen LogP contribution in [0.15, 0.2) is 0 Å². The molecule has 0 radical (unpaired) electrons. The lowest BCUT2D eigenvalue weighted by atomic mass is 10.5. The molecule has 2 atom stereocenters. The summed E-state index contributed by atoms with van der Waals surface area (Å²) in [6.45, 7) is 5.64. The Morgan fingerprint density at radius 2 is 2.13 bits per heavy atom. The SMILES string of the molecule is CCSC(C)(SCC1CO1)SC1CSC1. The van der Waals surface area contributed by atoms with Crippen LogP contribution < -0.4 is 0 Å². The van der Waals surface area contributed by atoms with Crippen LogP contribution in [0.3, 0.4) is 0 Å². The maximum Gasteiger partial charge on any atom is 0.104 e. The van der Waals surface area contributed by atoms with Crippen molar-refractivity contribution in [1.82, 2.24) is 0 Å². The molecule has 2 unspecified atom stereocenters. The van der Waals surface area contributed by atoms with Gasteiger partial charge in [0.1, 0.15) is 3.41 Å². The average Bonchev–Trinajstić information content (AvgIpc) is 2.93. The molecule has 0 aromatic rings. The van der Waals surface area contributed by atoms with Crippen LogP contribution in [0.2, 0.25) is 0 Å². The Morgan fingerprint density at radius 1 is 1.40 bits per heavy atom. The van der Waals surface area contributed by atoms with Gasteiger partial charge in [-0.05, 0) is 12.7 Å². The minimum atomic E-state index is 0.354. The van der Waals surface area contributed by atoms with E-state index in [1.165, 1.54) is 23.0 Å². The largest absolute Gasteiger partial charge is 0.372 e. The molecule has 2 fully saturated rings. The first-order valence-electron chi connectivity index (χ1n) is 5.37. The molecule has 15 heavy (non-hydrogen) atoms. The van der Waals surface area contributed by atoms with Gasteiger partial charge in [-0.2, -0.15) is 11.8 Å². The monoisotopic (exact) mass is 282 g/mol. The van der Waals surface area contributed by atoms with Gasteiger partial charge in [0, 0.05) is 22.5 Å². The molecule has 88 valence electrons. The second-order valence-electron chi connectivity index (χ2n) is 3.84. The first-order valence-corrected chi connectivity index (χ1v) is 9.37. The molecule has 2 rings (SSSR count). The van der Waals surface area contributed by atoms with Gasteiger partial charge in [0.25, 0.3) is 0 Å². The maximum absolute atomic E-state index is 5.28. The summed E-state index contributed by atoms with van der Waals surface area (Å²) in [5.74, 6) is 5.09. The van der Waals surface area contributed by atoms with Crippen LogP contribution in [-0.4, -0.2) is 44.4 Å². The molecular weight excluding hydrogens is 264 g/mol. The van der Waals surface area contributed by atoms with Crippen LogP contribution in [-0.2, 0) is 4.74 Å². The third-order valence-corrected chi connectivity index (χ3v) is 8.99. The van der Waals surface area contributed by atoms with E-state index in [4.69, 9.17) is 4.74 Å². The Morgan fingerprint density at radius 3 is 2.60 bits per heavy atom. The van der Waals surface area contributed by atoms with Crippen molar-refractivity contribution in [2.45, 2.75) is 28.6 Å². The van der Waals surface area contributed by atoms with Crippen LogP contribution in [0, 0.1) is 0 Å². The fraction of sp³-hybridized carbons (Fsp3) is 1.00. The minimum Gasteiger partial charge on any atom is -0.372 e. The molecule has 5 heteroatoms. The lowest BCUT2D eigenvalue weighted by molar-refractivity contribution is 0.426.